The number of allylic oxidation sites excluding steroid dienone is 4. The van der Waals surface area contributed by atoms with E-state index in [2.05, 4.69) is 48.1 Å². The van der Waals surface area contributed by atoms with E-state index in [1.165, 1.54) is 0 Å². The van der Waals surface area contributed by atoms with Gasteiger partial charge in [-0.25, -0.2) is 0 Å². The molecule has 1 aliphatic carbocycles. The Morgan fingerprint density at radius 3 is 3.07 bits per heavy atom. The fourth-order valence-corrected chi connectivity index (χ4v) is 1.83. The van der Waals surface area contributed by atoms with Crippen molar-refractivity contribution in [2.75, 3.05) is 6.54 Å². The molecule has 0 bridgehead atoms. The molecule has 15 heavy (non-hydrogen) atoms. The van der Waals surface area contributed by atoms with E-state index in [4.69, 9.17) is 0 Å². The number of nitrogens with one attached hydrogen (secondary N) is 1. The van der Waals surface area contributed by atoms with Gasteiger partial charge in [0, 0.05) is 18.9 Å². The van der Waals surface area contributed by atoms with Gasteiger partial charge in [0.2, 0.25) is 0 Å². The van der Waals surface area contributed by atoms with Crippen LogP contribution in [-0.2, 0) is 0 Å². The lowest BCUT2D eigenvalue weighted by Crippen LogP contribution is -2.38. The molecular formula is C14H15N. The van der Waals surface area contributed by atoms with Crippen molar-refractivity contribution >= 4 is 0 Å². The zero-order valence-electron chi connectivity index (χ0n) is 8.96. The maximum atomic E-state index is 3.44. The summed E-state index contributed by atoms with van der Waals surface area (Å²) in [7, 11) is 0. The molecule has 0 spiro atoms. The third kappa shape index (κ3) is 2.52. The van der Waals surface area contributed by atoms with E-state index in [1.54, 1.807) is 0 Å². The molecule has 2 rings (SSSR count). The van der Waals surface area contributed by atoms with Crippen molar-refractivity contribution in [3.8, 4) is 23.7 Å². The van der Waals surface area contributed by atoms with Crippen LogP contribution in [0.4, 0.5) is 0 Å². The van der Waals surface area contributed by atoms with Crippen molar-refractivity contribution in [2.45, 2.75) is 19.4 Å². The van der Waals surface area contributed by atoms with Crippen molar-refractivity contribution in [3.63, 3.8) is 0 Å². The average molecular weight is 197 g/mol. The zero-order valence-corrected chi connectivity index (χ0v) is 8.96. The molecule has 0 fully saturated rings. The fourth-order valence-electron chi connectivity index (χ4n) is 1.83. The summed E-state index contributed by atoms with van der Waals surface area (Å²) in [5.74, 6) is 13.5. The van der Waals surface area contributed by atoms with Crippen molar-refractivity contribution in [2.24, 2.45) is 11.8 Å². The Morgan fingerprint density at radius 2 is 2.27 bits per heavy atom. The lowest BCUT2D eigenvalue weighted by molar-refractivity contribution is 0.401. The second-order valence-corrected chi connectivity index (χ2v) is 3.92. The lowest BCUT2D eigenvalue weighted by Gasteiger charge is -2.25. The van der Waals surface area contributed by atoms with Gasteiger partial charge in [-0.1, -0.05) is 42.9 Å². The molecule has 0 aromatic carbocycles. The standard InChI is InChI=1S/C14H15N/c1-12(14-10-6-7-11-15-14)13-8-4-2-3-5-9-13/h2-4,8,12-15H,7,11H2,1H3. The van der Waals surface area contributed by atoms with Gasteiger partial charge in [-0.3, -0.25) is 0 Å². The minimum atomic E-state index is 0.292. The molecular weight excluding hydrogens is 182 g/mol. The van der Waals surface area contributed by atoms with Gasteiger partial charge in [0.1, 0.15) is 0 Å². The van der Waals surface area contributed by atoms with E-state index in [1.807, 2.05) is 12.2 Å². The first-order valence-corrected chi connectivity index (χ1v) is 5.44. The Morgan fingerprint density at radius 1 is 1.33 bits per heavy atom. The lowest BCUT2D eigenvalue weighted by atomic mass is 9.87. The molecule has 3 atom stereocenters. The van der Waals surface area contributed by atoms with Crippen LogP contribution in [0.1, 0.15) is 13.3 Å². The van der Waals surface area contributed by atoms with Crippen molar-refractivity contribution in [1.82, 2.24) is 5.32 Å². The highest BCUT2D eigenvalue weighted by molar-refractivity contribution is 5.29. The summed E-state index contributed by atoms with van der Waals surface area (Å²) in [4.78, 5) is 0. The average Bonchev–Trinajstić information content (AvgIpc) is 2.58. The molecule has 1 heterocycles. The smallest absolute Gasteiger partial charge is 0.0730 e. The Kier molecular flexibility index (Phi) is 3.28. The van der Waals surface area contributed by atoms with Gasteiger partial charge in [0.25, 0.3) is 0 Å². The van der Waals surface area contributed by atoms with Crippen LogP contribution in [0.2, 0.25) is 0 Å². The first-order valence-electron chi connectivity index (χ1n) is 5.44. The van der Waals surface area contributed by atoms with Gasteiger partial charge in [-0.05, 0) is 12.0 Å². The minimum absolute atomic E-state index is 0.292. The molecule has 76 valence electrons. The van der Waals surface area contributed by atoms with Gasteiger partial charge in [0.05, 0.1) is 6.04 Å². The second-order valence-electron chi connectivity index (χ2n) is 3.92. The molecule has 1 heteroatoms. The van der Waals surface area contributed by atoms with Crippen LogP contribution in [-0.4, -0.2) is 12.6 Å². The predicted molar refractivity (Wildman–Crippen MR) is 62.9 cm³/mol. The number of hydrogen-bond acceptors (Lipinski definition) is 1. The molecule has 0 saturated carbocycles. The first-order chi connectivity index (χ1) is 7.38. The molecule has 0 saturated heterocycles. The number of rotatable bonds is 2. The molecule has 0 aromatic heterocycles. The van der Waals surface area contributed by atoms with E-state index in [0.717, 1.165) is 13.0 Å². The van der Waals surface area contributed by atoms with E-state index >= 15 is 0 Å². The molecule has 0 amide bonds. The molecule has 1 nitrogen and oxygen atoms in total. The van der Waals surface area contributed by atoms with Crippen LogP contribution in [0.25, 0.3) is 0 Å². The molecule has 1 N–H and O–H groups in total. The normalized spacial score (nSPS) is 29.4. The van der Waals surface area contributed by atoms with Gasteiger partial charge >= 0.3 is 0 Å². The van der Waals surface area contributed by atoms with Gasteiger partial charge in [0.15, 0.2) is 0 Å². The highest BCUT2D eigenvalue weighted by Gasteiger charge is 2.22. The van der Waals surface area contributed by atoms with Crippen molar-refractivity contribution in [1.29, 1.82) is 0 Å². The summed E-state index contributed by atoms with van der Waals surface area (Å²) in [6.45, 7) is 3.22. The van der Waals surface area contributed by atoms with Crippen LogP contribution in [0.15, 0.2) is 24.3 Å². The minimum Gasteiger partial charge on any atom is -0.302 e. The Bertz CT molecular complexity index is 395. The van der Waals surface area contributed by atoms with E-state index in [-0.39, 0.29) is 0 Å². The Hall–Kier alpha value is -1.44. The molecule has 3 unspecified atom stereocenters. The summed E-state index contributed by atoms with van der Waals surface area (Å²) < 4.78 is 0. The summed E-state index contributed by atoms with van der Waals surface area (Å²) >= 11 is 0. The van der Waals surface area contributed by atoms with Gasteiger partial charge in [-0.2, -0.15) is 0 Å². The van der Waals surface area contributed by atoms with Crippen molar-refractivity contribution in [3.05, 3.63) is 24.3 Å². The van der Waals surface area contributed by atoms with Gasteiger partial charge in [-0.15, -0.1) is 5.92 Å². The highest BCUT2D eigenvalue weighted by Crippen LogP contribution is 2.18. The van der Waals surface area contributed by atoms with Crippen LogP contribution >= 0.6 is 0 Å². The zero-order chi connectivity index (χ0) is 10.5. The highest BCUT2D eigenvalue weighted by atomic mass is 14.9. The predicted octanol–water partition coefficient (Wildman–Crippen LogP) is 1.73. The molecule has 0 radical (unpaired) electrons. The second kappa shape index (κ2) is 4.87. The molecule has 0 aromatic rings. The summed E-state index contributed by atoms with van der Waals surface area (Å²) in [5, 5.41) is 3.44. The Balaban J connectivity index is 2.07. The topological polar surface area (TPSA) is 12.0 Å². The third-order valence-electron chi connectivity index (χ3n) is 2.82. The summed E-state index contributed by atoms with van der Waals surface area (Å²) in [6.07, 6.45) is 9.07. The number of hydrogen-bond donors (Lipinski definition) is 1. The van der Waals surface area contributed by atoms with Crippen LogP contribution in [0, 0.1) is 35.5 Å². The largest absolute Gasteiger partial charge is 0.302 e. The van der Waals surface area contributed by atoms with Crippen LogP contribution < -0.4 is 5.32 Å². The van der Waals surface area contributed by atoms with E-state index < -0.39 is 0 Å². The van der Waals surface area contributed by atoms with Crippen LogP contribution in [0.5, 0.6) is 0 Å². The van der Waals surface area contributed by atoms with Crippen LogP contribution in [0.3, 0.4) is 0 Å². The third-order valence-corrected chi connectivity index (χ3v) is 2.82. The van der Waals surface area contributed by atoms with Gasteiger partial charge < -0.3 is 5.32 Å². The molecule has 2 aliphatic rings. The van der Waals surface area contributed by atoms with E-state index in [9.17, 15) is 0 Å². The SMILES string of the molecule is CC(C1C#CC=CC=C1)C1C#CCCN1. The maximum absolute atomic E-state index is 3.44. The molecule has 1 aliphatic heterocycles. The fraction of sp³-hybridized carbons (Fsp3) is 0.429. The van der Waals surface area contributed by atoms with Crippen molar-refractivity contribution < 1.29 is 0 Å². The quantitative estimate of drug-likeness (QED) is 0.665. The summed E-state index contributed by atoms with van der Waals surface area (Å²) in [6, 6.07) is 0.292. The van der Waals surface area contributed by atoms with E-state index in [0.29, 0.717) is 17.9 Å². The monoisotopic (exact) mass is 197 g/mol. The summed E-state index contributed by atoms with van der Waals surface area (Å²) in [5.41, 5.74) is 0. The maximum Gasteiger partial charge on any atom is 0.0730 e. The Labute approximate surface area is 91.6 Å². The first kappa shape index (κ1) is 10.1.